The predicted octanol–water partition coefficient (Wildman–Crippen LogP) is 5.30. The molecule has 1 aliphatic carbocycles. The summed E-state index contributed by atoms with van der Waals surface area (Å²) in [6.45, 7) is 3.88. The number of nitriles is 1. The second-order valence-electron chi connectivity index (χ2n) is 6.73. The van der Waals surface area contributed by atoms with Gasteiger partial charge in [-0.2, -0.15) is 5.26 Å². The fourth-order valence-corrected chi connectivity index (χ4v) is 4.31. The van der Waals surface area contributed by atoms with Crippen LogP contribution in [0.15, 0.2) is 29.3 Å². The van der Waals surface area contributed by atoms with E-state index in [9.17, 15) is 10.1 Å². The predicted molar refractivity (Wildman–Crippen MR) is 110 cm³/mol. The topological polar surface area (TPSA) is 65.8 Å². The van der Waals surface area contributed by atoms with Crippen LogP contribution >= 0.6 is 23.4 Å². The molecule has 1 amide bonds. The molecule has 2 aromatic rings. The van der Waals surface area contributed by atoms with Crippen LogP contribution in [0.3, 0.4) is 0 Å². The number of rotatable bonds is 5. The Balaban J connectivity index is 1.79. The van der Waals surface area contributed by atoms with Crippen molar-refractivity contribution in [2.75, 3.05) is 5.32 Å². The van der Waals surface area contributed by atoms with E-state index < -0.39 is 0 Å². The molecule has 1 heterocycles. The molecule has 1 aliphatic rings. The molecule has 1 atom stereocenters. The normalized spacial score (nSPS) is 14.1. The van der Waals surface area contributed by atoms with Gasteiger partial charge in [0, 0.05) is 16.4 Å². The molecular formula is C21H22ClN3OS. The van der Waals surface area contributed by atoms with E-state index in [0.29, 0.717) is 27.7 Å². The van der Waals surface area contributed by atoms with Crippen molar-refractivity contribution < 1.29 is 4.79 Å². The number of halogens is 1. The van der Waals surface area contributed by atoms with Gasteiger partial charge in [0.15, 0.2) is 0 Å². The minimum atomic E-state index is -0.327. The molecule has 1 aromatic heterocycles. The minimum Gasteiger partial charge on any atom is -0.325 e. The summed E-state index contributed by atoms with van der Waals surface area (Å²) >= 11 is 7.51. The van der Waals surface area contributed by atoms with Crippen molar-refractivity contribution in [2.45, 2.75) is 56.2 Å². The first-order valence-electron chi connectivity index (χ1n) is 9.18. The Kier molecular flexibility index (Phi) is 6.41. The van der Waals surface area contributed by atoms with Crippen LogP contribution in [0.25, 0.3) is 0 Å². The van der Waals surface area contributed by atoms with Crippen LogP contribution < -0.4 is 5.32 Å². The number of benzene rings is 1. The van der Waals surface area contributed by atoms with E-state index in [2.05, 4.69) is 11.4 Å². The highest BCUT2D eigenvalue weighted by Gasteiger charge is 2.23. The van der Waals surface area contributed by atoms with E-state index in [4.69, 9.17) is 16.6 Å². The number of carbonyl (C=O) groups is 1. The highest BCUT2D eigenvalue weighted by atomic mass is 35.5. The maximum atomic E-state index is 12.7. The molecule has 0 bridgehead atoms. The van der Waals surface area contributed by atoms with Crippen molar-refractivity contribution in [2.24, 2.45) is 0 Å². The van der Waals surface area contributed by atoms with Crippen LogP contribution in [-0.2, 0) is 17.6 Å². The Morgan fingerprint density at radius 3 is 2.85 bits per heavy atom. The molecular weight excluding hydrogens is 378 g/mol. The van der Waals surface area contributed by atoms with Gasteiger partial charge in [0.05, 0.1) is 10.8 Å². The lowest BCUT2D eigenvalue weighted by molar-refractivity contribution is -0.115. The number of amides is 1. The van der Waals surface area contributed by atoms with Crippen LogP contribution in [0, 0.1) is 18.3 Å². The SMILES string of the molecule is CCC(Sc1nc2c(cc1C#N)CCCC2)C(=O)Nc1ccc(C)c(Cl)c1. The zero-order valence-electron chi connectivity index (χ0n) is 15.5. The van der Waals surface area contributed by atoms with Crippen molar-refractivity contribution in [1.82, 2.24) is 4.98 Å². The van der Waals surface area contributed by atoms with Gasteiger partial charge in [-0.3, -0.25) is 4.79 Å². The zero-order valence-corrected chi connectivity index (χ0v) is 17.1. The number of anilines is 1. The first kappa shape index (κ1) is 19.7. The number of hydrogen-bond acceptors (Lipinski definition) is 4. The van der Waals surface area contributed by atoms with Crippen molar-refractivity contribution >= 4 is 35.0 Å². The molecule has 0 saturated heterocycles. The Labute approximate surface area is 169 Å². The van der Waals surface area contributed by atoms with Crippen molar-refractivity contribution in [3.8, 4) is 6.07 Å². The highest BCUT2D eigenvalue weighted by molar-refractivity contribution is 8.00. The fraction of sp³-hybridized carbons (Fsp3) is 0.381. The Morgan fingerprint density at radius 1 is 1.37 bits per heavy atom. The van der Waals surface area contributed by atoms with Gasteiger partial charge in [-0.25, -0.2) is 4.98 Å². The lowest BCUT2D eigenvalue weighted by Gasteiger charge is -2.19. The number of thioether (sulfide) groups is 1. The van der Waals surface area contributed by atoms with Gasteiger partial charge in [0.1, 0.15) is 11.1 Å². The molecule has 4 nitrogen and oxygen atoms in total. The lowest BCUT2D eigenvalue weighted by atomic mass is 9.95. The maximum absolute atomic E-state index is 12.7. The minimum absolute atomic E-state index is 0.106. The van der Waals surface area contributed by atoms with E-state index >= 15 is 0 Å². The Bertz CT molecular complexity index is 907. The third-order valence-corrected chi connectivity index (χ3v) is 6.52. The van der Waals surface area contributed by atoms with Gasteiger partial charge in [0.25, 0.3) is 0 Å². The molecule has 1 aromatic carbocycles. The summed E-state index contributed by atoms with van der Waals surface area (Å²) in [5.74, 6) is -0.106. The second kappa shape index (κ2) is 8.77. The number of carbonyl (C=O) groups excluding carboxylic acids is 1. The van der Waals surface area contributed by atoms with Gasteiger partial charge < -0.3 is 5.32 Å². The van der Waals surface area contributed by atoms with Crippen LogP contribution in [0.2, 0.25) is 5.02 Å². The summed E-state index contributed by atoms with van der Waals surface area (Å²) in [4.78, 5) is 17.5. The number of nitrogens with one attached hydrogen (secondary N) is 1. The summed E-state index contributed by atoms with van der Waals surface area (Å²) in [5.41, 5.74) is 4.45. The van der Waals surface area contributed by atoms with Gasteiger partial charge in [-0.05, 0) is 68.4 Å². The number of hydrogen-bond donors (Lipinski definition) is 1. The number of aromatic nitrogens is 1. The average molecular weight is 400 g/mol. The molecule has 0 radical (unpaired) electrons. The standard InChI is InChI=1S/C21H22ClN3OS/c1-3-19(20(26)24-16-9-8-13(2)17(22)11-16)27-21-15(12-23)10-14-6-4-5-7-18(14)25-21/h8-11,19H,3-7H2,1-2H3,(H,24,26). The van der Waals surface area contributed by atoms with E-state index in [1.165, 1.54) is 17.3 Å². The highest BCUT2D eigenvalue weighted by Crippen LogP contribution is 2.31. The monoisotopic (exact) mass is 399 g/mol. The molecule has 0 fully saturated rings. The van der Waals surface area contributed by atoms with Crippen molar-refractivity contribution in [3.05, 3.63) is 51.7 Å². The summed E-state index contributed by atoms with van der Waals surface area (Å²) in [7, 11) is 0. The lowest BCUT2D eigenvalue weighted by Crippen LogP contribution is -2.25. The Hall–Kier alpha value is -2.03. The average Bonchev–Trinajstić information content (AvgIpc) is 2.68. The van der Waals surface area contributed by atoms with E-state index in [0.717, 1.165) is 36.9 Å². The summed E-state index contributed by atoms with van der Waals surface area (Å²) in [6, 6.07) is 9.67. The largest absolute Gasteiger partial charge is 0.325 e. The molecule has 0 spiro atoms. The van der Waals surface area contributed by atoms with Gasteiger partial charge in [-0.1, -0.05) is 36.4 Å². The molecule has 27 heavy (non-hydrogen) atoms. The zero-order chi connectivity index (χ0) is 19.4. The first-order chi connectivity index (χ1) is 13.0. The number of fused-ring (bicyclic) bond motifs is 1. The van der Waals surface area contributed by atoms with Gasteiger partial charge in [0.2, 0.25) is 5.91 Å². The molecule has 0 saturated carbocycles. The first-order valence-corrected chi connectivity index (χ1v) is 10.4. The third kappa shape index (κ3) is 4.63. The van der Waals surface area contributed by atoms with E-state index in [1.807, 2.05) is 32.0 Å². The summed E-state index contributed by atoms with van der Waals surface area (Å²) in [5, 5.41) is 13.4. The van der Waals surface area contributed by atoms with Gasteiger partial charge >= 0.3 is 0 Å². The van der Waals surface area contributed by atoms with Crippen molar-refractivity contribution in [3.63, 3.8) is 0 Å². The number of nitrogens with zero attached hydrogens (tertiary/aromatic N) is 2. The van der Waals surface area contributed by atoms with Crippen LogP contribution in [0.5, 0.6) is 0 Å². The smallest absolute Gasteiger partial charge is 0.237 e. The maximum Gasteiger partial charge on any atom is 0.237 e. The number of pyridine rings is 1. The van der Waals surface area contributed by atoms with E-state index in [-0.39, 0.29) is 11.2 Å². The van der Waals surface area contributed by atoms with Crippen LogP contribution in [-0.4, -0.2) is 16.1 Å². The molecule has 3 rings (SSSR count). The van der Waals surface area contributed by atoms with Gasteiger partial charge in [-0.15, -0.1) is 0 Å². The quantitative estimate of drug-likeness (QED) is 0.692. The van der Waals surface area contributed by atoms with Crippen LogP contribution in [0.4, 0.5) is 5.69 Å². The molecule has 140 valence electrons. The van der Waals surface area contributed by atoms with Crippen molar-refractivity contribution in [1.29, 1.82) is 5.26 Å². The Morgan fingerprint density at radius 2 is 2.15 bits per heavy atom. The van der Waals surface area contributed by atoms with E-state index in [1.54, 1.807) is 6.07 Å². The molecule has 1 unspecified atom stereocenters. The molecule has 0 aliphatic heterocycles. The van der Waals surface area contributed by atoms with Crippen LogP contribution in [0.1, 0.15) is 48.6 Å². The summed E-state index contributed by atoms with van der Waals surface area (Å²) in [6.07, 6.45) is 4.83. The third-order valence-electron chi connectivity index (χ3n) is 4.74. The molecule has 6 heteroatoms. The molecule has 1 N–H and O–H groups in total. The summed E-state index contributed by atoms with van der Waals surface area (Å²) < 4.78 is 0. The fourth-order valence-electron chi connectivity index (χ4n) is 3.13. The number of aryl methyl sites for hydroxylation is 3. The second-order valence-corrected chi connectivity index (χ2v) is 8.33.